The molecule has 0 N–H and O–H groups in total. The van der Waals surface area contributed by atoms with Gasteiger partial charge in [-0.1, -0.05) is 22.9 Å². The molecule has 2 heterocycles. The molecule has 4 rings (SSSR count). The summed E-state index contributed by atoms with van der Waals surface area (Å²) in [5, 5.41) is 0.425. The Bertz CT molecular complexity index is 1430. The van der Waals surface area contributed by atoms with Gasteiger partial charge in [0, 0.05) is 18.1 Å². The molecule has 186 valence electrons. The second-order valence-electron chi connectivity index (χ2n) is 7.99. The highest BCUT2D eigenvalue weighted by molar-refractivity contribution is 7.89. The molecule has 0 bridgehead atoms. The average Bonchev–Trinajstić information content (AvgIpc) is 3.15. The number of sulfonamides is 1. The maximum absolute atomic E-state index is 13.8. The van der Waals surface area contributed by atoms with E-state index in [1.54, 1.807) is 6.92 Å². The van der Waals surface area contributed by atoms with Gasteiger partial charge in [-0.3, -0.25) is 9.59 Å². The lowest BCUT2D eigenvalue weighted by Gasteiger charge is -2.30. The number of thiazole rings is 1. The summed E-state index contributed by atoms with van der Waals surface area (Å²) in [4.78, 5) is 29.8. The molecule has 0 saturated carbocycles. The van der Waals surface area contributed by atoms with Crippen LogP contribution in [0.3, 0.4) is 0 Å². The molecule has 2 aromatic carbocycles. The SMILES string of the molecule is CCOC(=O)Cn1c(=NC(=O)C2CCCN(S(=O)(=O)c3ccc(Cl)cc3)C2)sc2cc(F)ccc21. The number of aromatic nitrogens is 1. The van der Waals surface area contributed by atoms with Crippen LogP contribution in [0.5, 0.6) is 0 Å². The Labute approximate surface area is 210 Å². The molecule has 1 fully saturated rings. The number of nitrogens with zero attached hydrogens (tertiary/aromatic N) is 3. The van der Waals surface area contributed by atoms with E-state index in [0.29, 0.717) is 34.6 Å². The van der Waals surface area contributed by atoms with Crippen LogP contribution in [0.2, 0.25) is 5.02 Å². The van der Waals surface area contributed by atoms with E-state index in [0.717, 1.165) is 11.3 Å². The number of esters is 1. The van der Waals surface area contributed by atoms with Crippen LogP contribution in [0.1, 0.15) is 19.8 Å². The summed E-state index contributed by atoms with van der Waals surface area (Å²) in [6.07, 6.45) is 0.978. The van der Waals surface area contributed by atoms with E-state index >= 15 is 0 Å². The van der Waals surface area contributed by atoms with Crippen molar-refractivity contribution in [1.82, 2.24) is 8.87 Å². The Morgan fingerprint density at radius 1 is 1.23 bits per heavy atom. The molecular formula is C23H23ClFN3O5S2. The second kappa shape index (κ2) is 10.6. The summed E-state index contributed by atoms with van der Waals surface area (Å²) in [5.74, 6) is -2.10. The van der Waals surface area contributed by atoms with Crippen molar-refractivity contribution >= 4 is 55.1 Å². The van der Waals surface area contributed by atoms with E-state index in [9.17, 15) is 22.4 Å². The van der Waals surface area contributed by atoms with Crippen molar-refractivity contribution in [2.45, 2.75) is 31.2 Å². The van der Waals surface area contributed by atoms with E-state index in [1.165, 1.54) is 51.3 Å². The number of hydrogen-bond donors (Lipinski definition) is 0. The van der Waals surface area contributed by atoms with Crippen molar-refractivity contribution in [3.63, 3.8) is 0 Å². The predicted molar refractivity (Wildman–Crippen MR) is 130 cm³/mol. The number of benzene rings is 2. The van der Waals surface area contributed by atoms with Crippen LogP contribution in [0, 0.1) is 11.7 Å². The van der Waals surface area contributed by atoms with Crippen molar-refractivity contribution in [2.24, 2.45) is 10.9 Å². The van der Waals surface area contributed by atoms with Gasteiger partial charge in [-0.05, 0) is 62.2 Å². The summed E-state index contributed by atoms with van der Waals surface area (Å²) >= 11 is 6.95. The first kappa shape index (κ1) is 25.5. The molecule has 0 spiro atoms. The molecular weight excluding hydrogens is 517 g/mol. The highest BCUT2D eigenvalue weighted by Gasteiger charge is 2.33. The smallest absolute Gasteiger partial charge is 0.326 e. The molecule has 1 saturated heterocycles. The number of amides is 1. The number of rotatable bonds is 6. The third kappa shape index (κ3) is 5.64. The van der Waals surface area contributed by atoms with Crippen LogP contribution in [0.25, 0.3) is 10.2 Å². The van der Waals surface area contributed by atoms with Crippen LogP contribution in [-0.2, 0) is 30.9 Å². The number of hydrogen-bond acceptors (Lipinski definition) is 6. The van der Waals surface area contributed by atoms with Crippen LogP contribution < -0.4 is 4.80 Å². The highest BCUT2D eigenvalue weighted by atomic mass is 35.5. The van der Waals surface area contributed by atoms with Gasteiger partial charge in [0.1, 0.15) is 12.4 Å². The van der Waals surface area contributed by atoms with Gasteiger partial charge in [0.15, 0.2) is 4.80 Å². The molecule has 1 atom stereocenters. The molecule has 8 nitrogen and oxygen atoms in total. The second-order valence-corrected chi connectivity index (χ2v) is 11.4. The molecule has 1 unspecified atom stereocenters. The van der Waals surface area contributed by atoms with Crippen molar-refractivity contribution in [3.05, 3.63) is 58.1 Å². The lowest BCUT2D eigenvalue weighted by atomic mass is 9.99. The zero-order valence-electron chi connectivity index (χ0n) is 18.8. The monoisotopic (exact) mass is 539 g/mol. The Morgan fingerprint density at radius 2 is 1.97 bits per heavy atom. The quantitative estimate of drug-likeness (QED) is 0.446. The number of piperidine rings is 1. The zero-order valence-corrected chi connectivity index (χ0v) is 21.2. The minimum atomic E-state index is -3.80. The predicted octanol–water partition coefficient (Wildman–Crippen LogP) is 3.59. The summed E-state index contributed by atoms with van der Waals surface area (Å²) in [6, 6.07) is 9.97. The summed E-state index contributed by atoms with van der Waals surface area (Å²) < 4.78 is 48.2. The number of carbonyl (C=O) groups is 2. The van der Waals surface area contributed by atoms with Gasteiger partial charge in [0.25, 0.3) is 5.91 Å². The molecule has 1 aliphatic heterocycles. The molecule has 1 amide bonds. The van der Waals surface area contributed by atoms with Gasteiger partial charge in [0.05, 0.1) is 27.6 Å². The molecule has 1 aromatic heterocycles. The van der Waals surface area contributed by atoms with Crippen LogP contribution >= 0.6 is 22.9 Å². The van der Waals surface area contributed by atoms with Crippen molar-refractivity contribution in [3.8, 4) is 0 Å². The Balaban J connectivity index is 1.63. The topological polar surface area (TPSA) is 98.0 Å². The Kier molecular flexibility index (Phi) is 7.70. The van der Waals surface area contributed by atoms with Gasteiger partial charge >= 0.3 is 5.97 Å². The van der Waals surface area contributed by atoms with Crippen molar-refractivity contribution < 1.29 is 27.1 Å². The van der Waals surface area contributed by atoms with E-state index in [-0.39, 0.29) is 29.4 Å². The lowest BCUT2D eigenvalue weighted by molar-refractivity contribution is -0.143. The molecule has 1 aliphatic rings. The lowest BCUT2D eigenvalue weighted by Crippen LogP contribution is -2.42. The number of fused-ring (bicyclic) bond motifs is 1. The van der Waals surface area contributed by atoms with Crippen molar-refractivity contribution in [1.29, 1.82) is 0 Å². The van der Waals surface area contributed by atoms with Gasteiger partial charge in [-0.2, -0.15) is 9.30 Å². The summed E-state index contributed by atoms with van der Waals surface area (Å²) in [6.45, 7) is 1.98. The molecule has 0 aliphatic carbocycles. The first-order valence-electron chi connectivity index (χ1n) is 11.0. The fraction of sp³-hybridized carbons (Fsp3) is 0.348. The number of carbonyl (C=O) groups excluding carboxylic acids is 2. The molecule has 12 heteroatoms. The van der Waals surface area contributed by atoms with Crippen LogP contribution in [0.4, 0.5) is 4.39 Å². The zero-order chi connectivity index (χ0) is 25.2. The third-order valence-corrected chi connectivity index (χ3v) is 8.80. The maximum atomic E-state index is 13.8. The minimum Gasteiger partial charge on any atom is -0.465 e. The van der Waals surface area contributed by atoms with E-state index < -0.39 is 33.6 Å². The third-order valence-electron chi connectivity index (χ3n) is 5.63. The standard InChI is InChI=1S/C23H23ClFN3O5S2/c1-2-33-21(29)14-28-19-10-7-17(25)12-20(19)34-23(28)26-22(30)15-4-3-11-27(13-15)35(31,32)18-8-5-16(24)6-9-18/h5-10,12,15H,2-4,11,13-14H2,1H3. The normalized spacial score (nSPS) is 17.6. The van der Waals surface area contributed by atoms with E-state index in [2.05, 4.69) is 4.99 Å². The fourth-order valence-electron chi connectivity index (χ4n) is 3.92. The van der Waals surface area contributed by atoms with Gasteiger partial charge < -0.3 is 9.30 Å². The van der Waals surface area contributed by atoms with Gasteiger partial charge in [0.2, 0.25) is 10.0 Å². The summed E-state index contributed by atoms with van der Waals surface area (Å²) in [5.41, 5.74) is 0.548. The first-order valence-corrected chi connectivity index (χ1v) is 13.6. The Morgan fingerprint density at radius 3 is 2.69 bits per heavy atom. The number of halogens is 2. The Hall–Kier alpha value is -2.60. The number of ether oxygens (including phenoxy) is 1. The summed E-state index contributed by atoms with van der Waals surface area (Å²) in [7, 11) is -3.80. The highest BCUT2D eigenvalue weighted by Crippen LogP contribution is 2.26. The van der Waals surface area contributed by atoms with Crippen LogP contribution in [0.15, 0.2) is 52.4 Å². The van der Waals surface area contributed by atoms with Gasteiger partial charge in [-0.25, -0.2) is 12.8 Å². The first-order chi connectivity index (χ1) is 16.7. The fourth-order valence-corrected chi connectivity index (χ4v) is 6.63. The maximum Gasteiger partial charge on any atom is 0.326 e. The van der Waals surface area contributed by atoms with Crippen LogP contribution in [-0.4, -0.2) is 48.9 Å². The van der Waals surface area contributed by atoms with Gasteiger partial charge in [-0.15, -0.1) is 0 Å². The van der Waals surface area contributed by atoms with E-state index in [1.807, 2.05) is 0 Å². The molecule has 3 aromatic rings. The largest absolute Gasteiger partial charge is 0.465 e. The molecule has 35 heavy (non-hydrogen) atoms. The molecule has 0 radical (unpaired) electrons. The van der Waals surface area contributed by atoms with E-state index in [4.69, 9.17) is 16.3 Å². The minimum absolute atomic E-state index is 0.00923. The van der Waals surface area contributed by atoms with Crippen molar-refractivity contribution in [2.75, 3.05) is 19.7 Å². The average molecular weight is 540 g/mol.